The van der Waals surface area contributed by atoms with E-state index in [9.17, 15) is 9.59 Å². The fourth-order valence-electron chi connectivity index (χ4n) is 3.59. The maximum atomic E-state index is 12.4. The average Bonchev–Trinajstić information content (AvgIpc) is 2.87. The summed E-state index contributed by atoms with van der Waals surface area (Å²) in [6.07, 6.45) is 1.89. The van der Waals surface area contributed by atoms with Gasteiger partial charge in [-0.15, -0.1) is 0 Å². The maximum absolute atomic E-state index is 12.4. The largest absolute Gasteiger partial charge is 0.494 e. The number of anilines is 2. The van der Waals surface area contributed by atoms with Gasteiger partial charge in [-0.25, -0.2) is 0 Å². The molecule has 2 amide bonds. The molecule has 0 aliphatic rings. The van der Waals surface area contributed by atoms with Crippen LogP contribution >= 0.6 is 0 Å². The molecule has 0 heterocycles. The first-order chi connectivity index (χ1) is 16.6. The molecule has 3 aromatic rings. The number of benzene rings is 3. The van der Waals surface area contributed by atoms with Gasteiger partial charge in [-0.2, -0.15) is 0 Å². The van der Waals surface area contributed by atoms with Crippen LogP contribution in [0.15, 0.2) is 78.9 Å². The highest BCUT2D eigenvalue weighted by atomic mass is 16.5. The Morgan fingerprint density at radius 3 is 2.29 bits per heavy atom. The molecule has 6 heteroatoms. The summed E-state index contributed by atoms with van der Waals surface area (Å²) < 4.78 is 5.84. The molecule has 2 N–H and O–H groups in total. The van der Waals surface area contributed by atoms with Crippen LogP contribution in [0.1, 0.15) is 36.2 Å². The number of rotatable bonds is 12. The van der Waals surface area contributed by atoms with E-state index in [-0.39, 0.29) is 18.4 Å². The van der Waals surface area contributed by atoms with Crippen LogP contribution in [0.5, 0.6) is 5.75 Å². The molecule has 178 valence electrons. The van der Waals surface area contributed by atoms with E-state index in [4.69, 9.17) is 4.74 Å². The number of hydrogen-bond acceptors (Lipinski definition) is 4. The zero-order valence-corrected chi connectivity index (χ0v) is 19.9. The van der Waals surface area contributed by atoms with Crippen molar-refractivity contribution in [3.8, 4) is 5.75 Å². The minimum atomic E-state index is -0.162. The standard InChI is InChI=1S/C28H33N3O3/c1-3-31(4-2)28(33)23-15-17-24(18-16-23)29-21-27(32)30-25-13-8-14-26(20-25)34-19-9-12-22-10-6-5-7-11-22/h5-8,10-11,13-18,20,29H,3-4,9,12,19,21H2,1-2H3,(H,30,32). The van der Waals surface area contributed by atoms with Gasteiger partial charge >= 0.3 is 0 Å². The Kier molecular flexibility index (Phi) is 9.52. The van der Waals surface area contributed by atoms with E-state index in [0.29, 0.717) is 30.9 Å². The lowest BCUT2D eigenvalue weighted by molar-refractivity contribution is -0.114. The number of nitrogens with zero attached hydrogens (tertiary/aromatic N) is 1. The molecule has 0 fully saturated rings. The molecule has 0 spiro atoms. The van der Waals surface area contributed by atoms with E-state index in [1.54, 1.807) is 17.0 Å². The van der Waals surface area contributed by atoms with Crippen LogP contribution in [0.25, 0.3) is 0 Å². The van der Waals surface area contributed by atoms with Crippen molar-refractivity contribution in [2.45, 2.75) is 26.7 Å². The second-order valence-electron chi connectivity index (χ2n) is 7.92. The van der Waals surface area contributed by atoms with Crippen molar-refractivity contribution in [2.24, 2.45) is 0 Å². The maximum Gasteiger partial charge on any atom is 0.253 e. The Labute approximate surface area is 201 Å². The third-order valence-electron chi connectivity index (χ3n) is 5.47. The van der Waals surface area contributed by atoms with Gasteiger partial charge in [0.2, 0.25) is 5.91 Å². The predicted octanol–water partition coefficient (Wildman–Crippen LogP) is 5.23. The first-order valence-corrected chi connectivity index (χ1v) is 11.8. The van der Waals surface area contributed by atoms with Crippen LogP contribution < -0.4 is 15.4 Å². The van der Waals surface area contributed by atoms with E-state index in [2.05, 4.69) is 22.8 Å². The Morgan fingerprint density at radius 1 is 0.853 bits per heavy atom. The van der Waals surface area contributed by atoms with Gasteiger partial charge in [0.15, 0.2) is 0 Å². The van der Waals surface area contributed by atoms with Gasteiger partial charge in [0, 0.05) is 36.1 Å². The number of aryl methyl sites for hydroxylation is 1. The molecule has 0 saturated heterocycles. The Balaban J connectivity index is 1.42. The number of nitrogens with one attached hydrogen (secondary N) is 2. The lowest BCUT2D eigenvalue weighted by Crippen LogP contribution is -2.30. The third-order valence-corrected chi connectivity index (χ3v) is 5.47. The quantitative estimate of drug-likeness (QED) is 0.364. The van der Waals surface area contributed by atoms with Crippen molar-refractivity contribution < 1.29 is 14.3 Å². The summed E-state index contributed by atoms with van der Waals surface area (Å²) in [5.41, 5.74) is 3.40. The molecule has 3 aromatic carbocycles. The minimum absolute atomic E-state index is 0.0106. The molecule has 34 heavy (non-hydrogen) atoms. The molecule has 0 atom stereocenters. The number of hydrogen-bond donors (Lipinski definition) is 2. The summed E-state index contributed by atoms with van der Waals surface area (Å²) in [6.45, 7) is 6.00. The van der Waals surface area contributed by atoms with Gasteiger partial charge in [-0.3, -0.25) is 9.59 Å². The zero-order chi connectivity index (χ0) is 24.2. The van der Waals surface area contributed by atoms with Crippen LogP contribution in [0, 0.1) is 0 Å². The molecule has 0 unspecified atom stereocenters. The molecular weight excluding hydrogens is 426 g/mol. The first-order valence-electron chi connectivity index (χ1n) is 11.8. The molecular formula is C28H33N3O3. The smallest absolute Gasteiger partial charge is 0.253 e. The highest BCUT2D eigenvalue weighted by Gasteiger charge is 2.12. The fourth-order valence-corrected chi connectivity index (χ4v) is 3.59. The predicted molar refractivity (Wildman–Crippen MR) is 138 cm³/mol. The van der Waals surface area contributed by atoms with Gasteiger partial charge in [-0.05, 0) is 68.7 Å². The van der Waals surface area contributed by atoms with Crippen molar-refractivity contribution >= 4 is 23.2 Å². The summed E-state index contributed by atoms with van der Waals surface area (Å²) >= 11 is 0. The molecule has 3 rings (SSSR count). The molecule has 0 aliphatic heterocycles. The number of carbonyl (C=O) groups is 2. The van der Waals surface area contributed by atoms with Crippen LogP contribution in [-0.2, 0) is 11.2 Å². The average molecular weight is 460 g/mol. The lowest BCUT2D eigenvalue weighted by Gasteiger charge is -2.18. The zero-order valence-electron chi connectivity index (χ0n) is 19.9. The molecule has 0 saturated carbocycles. The van der Waals surface area contributed by atoms with Crippen molar-refractivity contribution in [1.29, 1.82) is 0 Å². The van der Waals surface area contributed by atoms with Crippen molar-refractivity contribution in [3.63, 3.8) is 0 Å². The molecule has 6 nitrogen and oxygen atoms in total. The topological polar surface area (TPSA) is 70.7 Å². The molecule has 0 aliphatic carbocycles. The number of amides is 2. The monoisotopic (exact) mass is 459 g/mol. The SMILES string of the molecule is CCN(CC)C(=O)c1ccc(NCC(=O)Nc2cccc(OCCCc3ccccc3)c2)cc1. The van der Waals surface area contributed by atoms with Gasteiger partial charge in [0.1, 0.15) is 5.75 Å². The molecule has 0 radical (unpaired) electrons. The Hall–Kier alpha value is -3.80. The Bertz CT molecular complexity index is 1050. The van der Waals surface area contributed by atoms with Crippen molar-refractivity contribution in [1.82, 2.24) is 4.90 Å². The number of ether oxygens (including phenoxy) is 1. The van der Waals surface area contributed by atoms with Crippen LogP contribution in [0.3, 0.4) is 0 Å². The second-order valence-corrected chi connectivity index (χ2v) is 7.92. The van der Waals surface area contributed by atoms with Crippen LogP contribution in [0.2, 0.25) is 0 Å². The minimum Gasteiger partial charge on any atom is -0.494 e. The Morgan fingerprint density at radius 2 is 1.59 bits per heavy atom. The molecule has 0 aromatic heterocycles. The van der Waals surface area contributed by atoms with E-state index < -0.39 is 0 Å². The normalized spacial score (nSPS) is 10.4. The van der Waals surface area contributed by atoms with Gasteiger partial charge < -0.3 is 20.3 Å². The third kappa shape index (κ3) is 7.66. The highest BCUT2D eigenvalue weighted by molar-refractivity contribution is 5.95. The van der Waals surface area contributed by atoms with Gasteiger partial charge in [-0.1, -0.05) is 36.4 Å². The summed E-state index contributed by atoms with van der Waals surface area (Å²) in [6, 6.07) is 24.9. The summed E-state index contributed by atoms with van der Waals surface area (Å²) in [4.78, 5) is 26.6. The lowest BCUT2D eigenvalue weighted by atomic mass is 10.1. The number of carbonyl (C=O) groups excluding carboxylic acids is 2. The van der Waals surface area contributed by atoms with E-state index >= 15 is 0 Å². The van der Waals surface area contributed by atoms with Crippen molar-refractivity contribution in [3.05, 3.63) is 90.0 Å². The van der Waals surface area contributed by atoms with Crippen LogP contribution in [-0.4, -0.2) is 43.0 Å². The molecule has 0 bridgehead atoms. The van der Waals surface area contributed by atoms with E-state index in [1.165, 1.54) is 5.56 Å². The van der Waals surface area contributed by atoms with E-state index in [1.807, 2.05) is 68.4 Å². The van der Waals surface area contributed by atoms with E-state index in [0.717, 1.165) is 24.3 Å². The second kappa shape index (κ2) is 13.0. The van der Waals surface area contributed by atoms with Crippen molar-refractivity contribution in [2.75, 3.05) is 36.9 Å². The van der Waals surface area contributed by atoms with Gasteiger partial charge in [0.25, 0.3) is 5.91 Å². The summed E-state index contributed by atoms with van der Waals surface area (Å²) in [5, 5.41) is 5.98. The van der Waals surface area contributed by atoms with Gasteiger partial charge in [0.05, 0.1) is 13.2 Å². The summed E-state index contributed by atoms with van der Waals surface area (Å²) in [5.74, 6) is 0.577. The van der Waals surface area contributed by atoms with Crippen LogP contribution in [0.4, 0.5) is 11.4 Å². The first kappa shape index (κ1) is 24.8. The highest BCUT2D eigenvalue weighted by Crippen LogP contribution is 2.18. The fraction of sp³-hybridized carbons (Fsp3) is 0.286. The summed E-state index contributed by atoms with van der Waals surface area (Å²) in [7, 11) is 0.